The van der Waals surface area contributed by atoms with Crippen molar-refractivity contribution in [3.63, 3.8) is 0 Å². The highest BCUT2D eigenvalue weighted by molar-refractivity contribution is 7.90. The van der Waals surface area contributed by atoms with Gasteiger partial charge in [0, 0.05) is 18.8 Å². The van der Waals surface area contributed by atoms with Gasteiger partial charge in [0.25, 0.3) is 0 Å². The second-order valence-electron chi connectivity index (χ2n) is 6.15. The molecule has 0 aliphatic heterocycles. The Morgan fingerprint density at radius 3 is 1.92 bits per heavy atom. The van der Waals surface area contributed by atoms with Gasteiger partial charge in [-0.25, -0.2) is 21.2 Å². The Morgan fingerprint density at radius 1 is 0.920 bits per heavy atom. The van der Waals surface area contributed by atoms with Gasteiger partial charge in [-0.05, 0) is 54.8 Å². The number of rotatable bonds is 6. The molecule has 0 spiro atoms. The average molecular weight is 383 g/mol. The normalized spacial score (nSPS) is 15.5. The van der Waals surface area contributed by atoms with Crippen molar-refractivity contribution in [1.82, 2.24) is 4.31 Å². The summed E-state index contributed by atoms with van der Waals surface area (Å²) >= 11 is 0. The van der Waals surface area contributed by atoms with E-state index in [1.165, 1.54) is 40.7 Å². The quantitative estimate of drug-likeness (QED) is 0.769. The monoisotopic (exact) mass is 383 g/mol. The molecule has 0 aromatic heterocycles. The lowest BCUT2D eigenvalue weighted by Crippen LogP contribution is -2.32. The maximum atomic E-state index is 13.0. The maximum Gasteiger partial charge on any atom is 0.243 e. The summed E-state index contributed by atoms with van der Waals surface area (Å²) in [5.74, 6) is -0.374. The van der Waals surface area contributed by atoms with E-state index >= 15 is 0 Å². The van der Waals surface area contributed by atoms with E-state index in [-0.39, 0.29) is 28.2 Å². The molecule has 25 heavy (non-hydrogen) atoms. The molecule has 1 aliphatic carbocycles. The highest BCUT2D eigenvalue weighted by Gasteiger charge is 2.38. The minimum atomic E-state index is -3.76. The molecule has 3 rings (SSSR count). The predicted molar refractivity (Wildman–Crippen MR) is 91.7 cm³/mol. The number of nitrogens with zero attached hydrogens (tertiary/aromatic N) is 1. The van der Waals surface area contributed by atoms with Crippen molar-refractivity contribution in [1.29, 1.82) is 0 Å². The number of sulfonamides is 1. The Labute approximate surface area is 147 Å². The zero-order valence-electron chi connectivity index (χ0n) is 13.6. The zero-order chi connectivity index (χ0) is 18.2. The van der Waals surface area contributed by atoms with Gasteiger partial charge >= 0.3 is 0 Å². The fourth-order valence-electron chi connectivity index (χ4n) is 2.54. The van der Waals surface area contributed by atoms with Gasteiger partial charge in [0.1, 0.15) is 5.82 Å². The lowest BCUT2D eigenvalue weighted by Gasteiger charge is -2.22. The summed E-state index contributed by atoms with van der Waals surface area (Å²) in [7, 11) is -7.15. The Kier molecular flexibility index (Phi) is 4.70. The average Bonchev–Trinajstić information content (AvgIpc) is 3.38. The van der Waals surface area contributed by atoms with Crippen LogP contribution >= 0.6 is 0 Å². The summed E-state index contributed by atoms with van der Waals surface area (Å²) in [5.41, 5.74) is 0.699. The van der Waals surface area contributed by atoms with Gasteiger partial charge in [-0.2, -0.15) is 4.31 Å². The first-order valence-electron chi connectivity index (χ1n) is 7.74. The minimum absolute atomic E-state index is 0.0499. The van der Waals surface area contributed by atoms with E-state index in [4.69, 9.17) is 0 Å². The molecule has 0 radical (unpaired) electrons. The molecule has 0 atom stereocenters. The van der Waals surface area contributed by atoms with Crippen LogP contribution in [0.15, 0.2) is 58.3 Å². The molecule has 1 fully saturated rings. The summed E-state index contributed by atoms with van der Waals surface area (Å²) in [5, 5.41) is 0. The highest BCUT2D eigenvalue weighted by Crippen LogP contribution is 2.33. The first-order chi connectivity index (χ1) is 11.7. The molecule has 2 aromatic carbocycles. The van der Waals surface area contributed by atoms with Crippen molar-refractivity contribution in [2.24, 2.45) is 0 Å². The lowest BCUT2D eigenvalue weighted by atomic mass is 10.2. The minimum Gasteiger partial charge on any atom is -0.224 e. The van der Waals surface area contributed by atoms with Crippen LogP contribution in [0.3, 0.4) is 0 Å². The Bertz CT molecular complexity index is 964. The smallest absolute Gasteiger partial charge is 0.224 e. The van der Waals surface area contributed by atoms with Crippen molar-refractivity contribution in [2.75, 3.05) is 6.26 Å². The molecule has 1 aliphatic rings. The molecule has 8 heteroatoms. The maximum absolute atomic E-state index is 13.0. The third-order valence-electron chi connectivity index (χ3n) is 4.06. The molecule has 2 aromatic rings. The predicted octanol–water partition coefficient (Wildman–Crippen LogP) is 2.58. The van der Waals surface area contributed by atoms with Gasteiger partial charge in [-0.3, -0.25) is 0 Å². The van der Waals surface area contributed by atoms with Crippen LogP contribution in [0.5, 0.6) is 0 Å². The summed E-state index contributed by atoms with van der Waals surface area (Å²) in [6.07, 6.45) is 2.63. The van der Waals surface area contributed by atoms with Crippen LogP contribution in [0, 0.1) is 5.82 Å². The van der Waals surface area contributed by atoms with Crippen molar-refractivity contribution in [3.05, 3.63) is 59.9 Å². The fourth-order valence-corrected chi connectivity index (χ4v) is 4.84. The summed E-state index contributed by atoms with van der Waals surface area (Å²) in [4.78, 5) is 0.122. The number of hydrogen-bond donors (Lipinski definition) is 0. The molecule has 0 amide bonds. The van der Waals surface area contributed by atoms with Crippen LogP contribution in [0.2, 0.25) is 0 Å². The van der Waals surface area contributed by atoms with Crippen molar-refractivity contribution in [2.45, 2.75) is 35.2 Å². The second kappa shape index (κ2) is 6.51. The first kappa shape index (κ1) is 18.0. The number of sulfone groups is 1. The molecule has 5 nitrogen and oxygen atoms in total. The molecule has 0 bridgehead atoms. The van der Waals surface area contributed by atoms with Gasteiger partial charge in [0.15, 0.2) is 9.84 Å². The van der Waals surface area contributed by atoms with Crippen molar-refractivity contribution >= 4 is 19.9 Å². The first-order valence-corrected chi connectivity index (χ1v) is 11.1. The van der Waals surface area contributed by atoms with Crippen LogP contribution in [0.4, 0.5) is 4.39 Å². The Morgan fingerprint density at radius 2 is 1.44 bits per heavy atom. The van der Waals surface area contributed by atoms with Crippen LogP contribution in [-0.2, 0) is 26.4 Å². The summed E-state index contributed by atoms with van der Waals surface area (Å²) < 4.78 is 63.4. The summed E-state index contributed by atoms with van der Waals surface area (Å²) in [6.45, 7) is 0.154. The van der Waals surface area contributed by atoms with Crippen molar-refractivity contribution < 1.29 is 21.2 Å². The van der Waals surface area contributed by atoms with E-state index < -0.39 is 19.9 Å². The van der Waals surface area contributed by atoms with E-state index in [2.05, 4.69) is 0 Å². The van der Waals surface area contributed by atoms with E-state index in [9.17, 15) is 21.2 Å². The van der Waals surface area contributed by atoms with E-state index in [0.717, 1.165) is 19.1 Å². The van der Waals surface area contributed by atoms with Gasteiger partial charge in [0.2, 0.25) is 10.0 Å². The third-order valence-corrected chi connectivity index (χ3v) is 7.11. The Balaban J connectivity index is 1.91. The van der Waals surface area contributed by atoms with Gasteiger partial charge in [0.05, 0.1) is 9.79 Å². The zero-order valence-corrected chi connectivity index (χ0v) is 15.2. The number of hydrogen-bond acceptors (Lipinski definition) is 4. The summed E-state index contributed by atoms with van der Waals surface area (Å²) in [6, 6.07) is 10.9. The molecular weight excluding hydrogens is 365 g/mol. The van der Waals surface area contributed by atoms with Crippen LogP contribution in [0.1, 0.15) is 18.4 Å². The second-order valence-corrected chi connectivity index (χ2v) is 10.1. The van der Waals surface area contributed by atoms with Crippen LogP contribution in [-0.4, -0.2) is 33.4 Å². The molecule has 0 saturated heterocycles. The van der Waals surface area contributed by atoms with Gasteiger partial charge in [-0.15, -0.1) is 0 Å². The third kappa shape index (κ3) is 4.08. The highest BCUT2D eigenvalue weighted by atomic mass is 32.2. The Hall–Kier alpha value is -1.77. The van der Waals surface area contributed by atoms with Crippen LogP contribution < -0.4 is 0 Å². The molecule has 0 heterocycles. The van der Waals surface area contributed by atoms with Gasteiger partial charge < -0.3 is 0 Å². The largest absolute Gasteiger partial charge is 0.243 e. The van der Waals surface area contributed by atoms with Crippen LogP contribution in [0.25, 0.3) is 0 Å². The standard InChI is InChI=1S/C17H18FNO4S2/c1-24(20,21)16-8-10-17(11-9-16)25(22,23)19(15-6-7-15)12-13-2-4-14(18)5-3-13/h2-5,8-11,15H,6-7,12H2,1H3. The number of benzene rings is 2. The SMILES string of the molecule is CS(=O)(=O)c1ccc(S(=O)(=O)N(Cc2ccc(F)cc2)C2CC2)cc1. The number of halogens is 1. The van der Waals surface area contributed by atoms with E-state index in [0.29, 0.717) is 5.56 Å². The molecule has 134 valence electrons. The van der Waals surface area contributed by atoms with Crippen molar-refractivity contribution in [3.8, 4) is 0 Å². The topological polar surface area (TPSA) is 71.5 Å². The fraction of sp³-hybridized carbons (Fsp3) is 0.294. The molecule has 0 unspecified atom stereocenters. The molecule has 1 saturated carbocycles. The van der Waals surface area contributed by atoms with E-state index in [1.807, 2.05) is 0 Å². The lowest BCUT2D eigenvalue weighted by molar-refractivity contribution is 0.398. The molecule has 0 N–H and O–H groups in total. The van der Waals surface area contributed by atoms with E-state index in [1.54, 1.807) is 12.1 Å². The molecular formula is C17H18FNO4S2. The van der Waals surface area contributed by atoms with Gasteiger partial charge in [-0.1, -0.05) is 12.1 Å².